The first-order valence-corrected chi connectivity index (χ1v) is 9.67. The number of nitrogens with one attached hydrogen (secondary N) is 1. The van der Waals surface area contributed by atoms with E-state index in [-0.39, 0.29) is 12.0 Å². The maximum absolute atomic E-state index is 12.4. The number of morpholine rings is 1. The number of ether oxygens (including phenoxy) is 1. The minimum Gasteiger partial charge on any atom is -0.374 e. The SMILES string of the molecule is CC(C)CN1CCOC(CNC(=O)c2cc3c(s2)CCCC3)C1. The topological polar surface area (TPSA) is 41.6 Å². The predicted octanol–water partition coefficient (Wildman–Crippen LogP) is 2.71. The smallest absolute Gasteiger partial charge is 0.261 e. The van der Waals surface area contributed by atoms with Crippen molar-refractivity contribution in [1.82, 2.24) is 10.2 Å². The summed E-state index contributed by atoms with van der Waals surface area (Å²) in [6.45, 7) is 8.87. The Hall–Kier alpha value is -0.910. The molecule has 23 heavy (non-hydrogen) atoms. The van der Waals surface area contributed by atoms with Gasteiger partial charge in [0.15, 0.2) is 0 Å². The number of carbonyl (C=O) groups is 1. The van der Waals surface area contributed by atoms with Crippen LogP contribution in [0, 0.1) is 5.92 Å². The Labute approximate surface area is 143 Å². The summed E-state index contributed by atoms with van der Waals surface area (Å²) in [5.74, 6) is 0.731. The second-order valence-corrected chi connectivity index (χ2v) is 8.26. The van der Waals surface area contributed by atoms with Gasteiger partial charge in [0.25, 0.3) is 5.91 Å². The third kappa shape index (κ3) is 4.55. The number of rotatable bonds is 5. The van der Waals surface area contributed by atoms with Crippen molar-refractivity contribution in [2.45, 2.75) is 45.6 Å². The molecule has 0 bridgehead atoms. The lowest BCUT2D eigenvalue weighted by molar-refractivity contribution is -0.0295. The van der Waals surface area contributed by atoms with Crippen LogP contribution in [0.3, 0.4) is 0 Å². The molecule has 0 radical (unpaired) electrons. The molecular weight excluding hydrogens is 308 g/mol. The minimum atomic E-state index is 0.0639. The van der Waals surface area contributed by atoms with Gasteiger partial charge in [0, 0.05) is 31.1 Å². The number of nitrogens with zero attached hydrogens (tertiary/aromatic N) is 1. The van der Waals surface area contributed by atoms with E-state index in [0.717, 1.165) is 44.0 Å². The third-order valence-electron chi connectivity index (χ3n) is 4.56. The van der Waals surface area contributed by atoms with Crippen LogP contribution in [0.5, 0.6) is 0 Å². The monoisotopic (exact) mass is 336 g/mol. The highest BCUT2D eigenvalue weighted by Crippen LogP contribution is 2.29. The molecule has 128 valence electrons. The average Bonchev–Trinajstić information content (AvgIpc) is 2.96. The van der Waals surface area contributed by atoms with E-state index in [9.17, 15) is 4.79 Å². The van der Waals surface area contributed by atoms with Gasteiger partial charge in [-0.05, 0) is 43.2 Å². The van der Waals surface area contributed by atoms with E-state index >= 15 is 0 Å². The van der Waals surface area contributed by atoms with Crippen molar-refractivity contribution in [3.8, 4) is 0 Å². The predicted molar refractivity (Wildman–Crippen MR) is 94.3 cm³/mol. The molecule has 1 aromatic rings. The van der Waals surface area contributed by atoms with Crippen molar-refractivity contribution in [3.63, 3.8) is 0 Å². The summed E-state index contributed by atoms with van der Waals surface area (Å²) in [7, 11) is 0. The van der Waals surface area contributed by atoms with Crippen molar-refractivity contribution >= 4 is 17.2 Å². The Balaban J connectivity index is 1.49. The van der Waals surface area contributed by atoms with Crippen LogP contribution in [0.4, 0.5) is 0 Å². The Morgan fingerprint density at radius 2 is 2.26 bits per heavy atom. The van der Waals surface area contributed by atoms with Crippen LogP contribution in [0.25, 0.3) is 0 Å². The first kappa shape index (κ1) is 16.9. The molecular formula is C18H28N2O2S. The van der Waals surface area contributed by atoms with Gasteiger partial charge in [-0.1, -0.05) is 13.8 Å². The van der Waals surface area contributed by atoms with E-state index in [1.807, 2.05) is 0 Å². The second-order valence-electron chi connectivity index (χ2n) is 7.12. The zero-order valence-electron chi connectivity index (χ0n) is 14.3. The molecule has 1 amide bonds. The highest BCUT2D eigenvalue weighted by atomic mass is 32.1. The molecule has 1 aliphatic heterocycles. The molecule has 0 spiro atoms. The van der Waals surface area contributed by atoms with E-state index in [2.05, 4.69) is 30.1 Å². The van der Waals surface area contributed by atoms with Crippen molar-refractivity contribution in [1.29, 1.82) is 0 Å². The van der Waals surface area contributed by atoms with E-state index in [1.165, 1.54) is 23.3 Å². The summed E-state index contributed by atoms with van der Waals surface area (Å²) in [5.41, 5.74) is 1.39. The van der Waals surface area contributed by atoms with Crippen molar-refractivity contribution in [2.24, 2.45) is 5.92 Å². The maximum atomic E-state index is 12.4. The van der Waals surface area contributed by atoms with Crippen LogP contribution in [0.1, 0.15) is 46.8 Å². The first-order valence-electron chi connectivity index (χ1n) is 8.85. The van der Waals surface area contributed by atoms with Gasteiger partial charge in [-0.25, -0.2) is 0 Å². The molecule has 0 saturated carbocycles. The Morgan fingerprint density at radius 3 is 3.04 bits per heavy atom. The highest BCUT2D eigenvalue weighted by Gasteiger charge is 2.22. The van der Waals surface area contributed by atoms with Gasteiger partial charge in [0.05, 0.1) is 17.6 Å². The van der Waals surface area contributed by atoms with Gasteiger partial charge >= 0.3 is 0 Å². The zero-order chi connectivity index (χ0) is 16.2. The fourth-order valence-electron chi connectivity index (χ4n) is 3.48. The fourth-order valence-corrected chi connectivity index (χ4v) is 4.65. The number of carbonyl (C=O) groups excluding carboxylic acids is 1. The Kier molecular flexibility index (Phi) is 5.72. The quantitative estimate of drug-likeness (QED) is 0.899. The summed E-state index contributed by atoms with van der Waals surface area (Å²) in [6.07, 6.45) is 4.90. The van der Waals surface area contributed by atoms with Crippen LogP contribution < -0.4 is 5.32 Å². The normalized spacial score (nSPS) is 22.1. The molecule has 5 heteroatoms. The van der Waals surface area contributed by atoms with Crippen molar-refractivity contribution in [3.05, 3.63) is 21.4 Å². The number of thiophene rings is 1. The van der Waals surface area contributed by atoms with Crippen LogP contribution in [-0.2, 0) is 17.6 Å². The molecule has 1 unspecified atom stereocenters. The fraction of sp³-hybridized carbons (Fsp3) is 0.722. The Morgan fingerprint density at radius 1 is 1.43 bits per heavy atom. The lowest BCUT2D eigenvalue weighted by Crippen LogP contribution is -2.48. The second kappa shape index (κ2) is 7.77. The van der Waals surface area contributed by atoms with Gasteiger partial charge < -0.3 is 10.1 Å². The van der Waals surface area contributed by atoms with Gasteiger partial charge in [0.2, 0.25) is 0 Å². The standard InChI is InChI=1S/C18H28N2O2S/c1-13(2)11-20-7-8-22-15(12-20)10-19-18(21)17-9-14-5-3-4-6-16(14)23-17/h9,13,15H,3-8,10-12H2,1-2H3,(H,19,21). The summed E-state index contributed by atoms with van der Waals surface area (Å²) in [6, 6.07) is 2.10. The molecule has 2 heterocycles. The maximum Gasteiger partial charge on any atom is 0.261 e. The van der Waals surface area contributed by atoms with E-state index in [4.69, 9.17) is 4.74 Å². The van der Waals surface area contributed by atoms with Crippen LogP contribution in [0.15, 0.2) is 6.07 Å². The van der Waals surface area contributed by atoms with Gasteiger partial charge in [-0.3, -0.25) is 9.69 Å². The number of hydrogen-bond acceptors (Lipinski definition) is 4. The average molecular weight is 337 g/mol. The van der Waals surface area contributed by atoms with Gasteiger partial charge in [0.1, 0.15) is 0 Å². The van der Waals surface area contributed by atoms with Gasteiger partial charge in [-0.15, -0.1) is 11.3 Å². The van der Waals surface area contributed by atoms with Crippen molar-refractivity contribution < 1.29 is 9.53 Å². The number of hydrogen-bond donors (Lipinski definition) is 1. The molecule has 2 aliphatic rings. The van der Waals surface area contributed by atoms with E-state index in [0.29, 0.717) is 12.5 Å². The van der Waals surface area contributed by atoms with Crippen LogP contribution in [0.2, 0.25) is 0 Å². The lowest BCUT2D eigenvalue weighted by atomic mass is 9.99. The van der Waals surface area contributed by atoms with Crippen LogP contribution in [-0.4, -0.2) is 49.7 Å². The molecule has 1 saturated heterocycles. The first-order chi connectivity index (χ1) is 11.1. The van der Waals surface area contributed by atoms with Crippen LogP contribution >= 0.6 is 11.3 Å². The van der Waals surface area contributed by atoms with Crippen molar-refractivity contribution in [2.75, 3.05) is 32.8 Å². The minimum absolute atomic E-state index is 0.0639. The number of aryl methyl sites for hydroxylation is 2. The summed E-state index contributed by atoms with van der Waals surface area (Å²) >= 11 is 1.68. The van der Waals surface area contributed by atoms with Gasteiger partial charge in [-0.2, -0.15) is 0 Å². The molecule has 4 nitrogen and oxygen atoms in total. The molecule has 1 aromatic heterocycles. The molecule has 1 atom stereocenters. The van der Waals surface area contributed by atoms with E-state index < -0.39 is 0 Å². The lowest BCUT2D eigenvalue weighted by Gasteiger charge is -2.33. The molecule has 1 N–H and O–H groups in total. The summed E-state index contributed by atoms with van der Waals surface area (Å²) in [4.78, 5) is 17.1. The highest BCUT2D eigenvalue weighted by molar-refractivity contribution is 7.14. The molecule has 1 fully saturated rings. The molecule has 0 aromatic carbocycles. The summed E-state index contributed by atoms with van der Waals surface area (Å²) in [5, 5.41) is 3.07. The molecule has 1 aliphatic carbocycles. The summed E-state index contributed by atoms with van der Waals surface area (Å²) < 4.78 is 5.80. The molecule has 3 rings (SSSR count). The number of fused-ring (bicyclic) bond motifs is 1. The van der Waals surface area contributed by atoms with E-state index in [1.54, 1.807) is 11.3 Å². The third-order valence-corrected chi connectivity index (χ3v) is 5.79. The number of amides is 1. The largest absolute Gasteiger partial charge is 0.374 e. The Bertz CT molecular complexity index is 518. The zero-order valence-corrected chi connectivity index (χ0v) is 15.1.